The SMILES string of the molecule is O=C(O)c1ccc2c(c1)CCCN2C/C=C/Cl. The number of benzene rings is 1. The minimum Gasteiger partial charge on any atom is -0.478 e. The standard InChI is InChI=1S/C13H14ClNO2/c14-6-2-8-15-7-1-3-10-9-11(13(16)17)4-5-12(10)15/h2,4-6,9H,1,3,7-8H2,(H,16,17)/b6-2+. The molecule has 0 aromatic heterocycles. The molecule has 0 fully saturated rings. The number of halogens is 1. The fraction of sp³-hybridized carbons (Fsp3) is 0.308. The lowest BCUT2D eigenvalue weighted by Gasteiger charge is -2.30. The molecule has 1 aromatic carbocycles. The Morgan fingerprint density at radius 2 is 2.35 bits per heavy atom. The van der Waals surface area contributed by atoms with Gasteiger partial charge < -0.3 is 10.0 Å². The van der Waals surface area contributed by atoms with Crippen LogP contribution in [0.25, 0.3) is 0 Å². The van der Waals surface area contributed by atoms with Crippen LogP contribution in [0.3, 0.4) is 0 Å². The minimum absolute atomic E-state index is 0.360. The second-order valence-electron chi connectivity index (χ2n) is 4.06. The molecule has 90 valence electrons. The number of aryl methyl sites for hydroxylation is 1. The second kappa shape index (κ2) is 5.23. The lowest BCUT2D eigenvalue weighted by atomic mass is 9.99. The number of fused-ring (bicyclic) bond motifs is 1. The van der Waals surface area contributed by atoms with Crippen LogP contribution in [-0.2, 0) is 6.42 Å². The molecule has 0 amide bonds. The van der Waals surface area contributed by atoms with Crippen LogP contribution < -0.4 is 4.90 Å². The summed E-state index contributed by atoms with van der Waals surface area (Å²) in [5.74, 6) is -0.870. The van der Waals surface area contributed by atoms with Crippen LogP contribution in [0.5, 0.6) is 0 Å². The zero-order chi connectivity index (χ0) is 12.3. The Kier molecular flexibility index (Phi) is 3.69. The third-order valence-electron chi connectivity index (χ3n) is 2.96. The molecule has 1 aliphatic heterocycles. The number of carboxylic acid groups (broad SMARTS) is 1. The number of anilines is 1. The van der Waals surface area contributed by atoms with Crippen LogP contribution in [0, 0.1) is 0 Å². The Balaban J connectivity index is 2.29. The van der Waals surface area contributed by atoms with Gasteiger partial charge in [-0.2, -0.15) is 0 Å². The number of nitrogens with zero attached hydrogens (tertiary/aromatic N) is 1. The van der Waals surface area contributed by atoms with Gasteiger partial charge in [0.2, 0.25) is 0 Å². The van der Waals surface area contributed by atoms with E-state index in [1.807, 2.05) is 12.1 Å². The fourth-order valence-corrected chi connectivity index (χ4v) is 2.24. The van der Waals surface area contributed by atoms with E-state index < -0.39 is 5.97 Å². The summed E-state index contributed by atoms with van der Waals surface area (Å²) in [6.45, 7) is 1.75. The number of carboxylic acids is 1. The zero-order valence-corrected chi connectivity index (χ0v) is 10.2. The van der Waals surface area contributed by atoms with Gasteiger partial charge in [-0.15, -0.1) is 0 Å². The summed E-state index contributed by atoms with van der Waals surface area (Å²) in [5.41, 5.74) is 4.11. The summed E-state index contributed by atoms with van der Waals surface area (Å²) in [4.78, 5) is 13.1. The molecule has 1 aliphatic rings. The van der Waals surface area contributed by atoms with Crippen molar-refractivity contribution in [1.82, 2.24) is 0 Å². The van der Waals surface area contributed by atoms with Gasteiger partial charge in [-0.25, -0.2) is 4.79 Å². The summed E-state index contributed by atoms with van der Waals surface area (Å²) in [7, 11) is 0. The van der Waals surface area contributed by atoms with Gasteiger partial charge in [0.25, 0.3) is 0 Å². The Morgan fingerprint density at radius 3 is 3.06 bits per heavy atom. The minimum atomic E-state index is -0.870. The number of carbonyl (C=O) groups is 1. The molecule has 0 saturated carbocycles. The molecule has 0 bridgehead atoms. The first-order valence-corrected chi connectivity index (χ1v) is 6.02. The smallest absolute Gasteiger partial charge is 0.335 e. The van der Waals surface area contributed by atoms with Gasteiger partial charge in [-0.3, -0.25) is 0 Å². The molecule has 3 nitrogen and oxygen atoms in total. The van der Waals surface area contributed by atoms with Crippen molar-refractivity contribution in [3.8, 4) is 0 Å². The molecule has 4 heteroatoms. The number of hydrogen-bond donors (Lipinski definition) is 1. The molecule has 1 aromatic rings. The summed E-state index contributed by atoms with van der Waals surface area (Å²) < 4.78 is 0. The van der Waals surface area contributed by atoms with Crippen molar-refractivity contribution in [3.63, 3.8) is 0 Å². The highest BCUT2D eigenvalue weighted by Gasteiger charge is 2.17. The molecular weight excluding hydrogens is 238 g/mol. The molecule has 0 saturated heterocycles. The monoisotopic (exact) mass is 251 g/mol. The predicted molar refractivity (Wildman–Crippen MR) is 68.9 cm³/mol. The Morgan fingerprint density at radius 1 is 1.53 bits per heavy atom. The maximum atomic E-state index is 10.9. The first-order chi connectivity index (χ1) is 8.22. The molecule has 1 N–H and O–H groups in total. The maximum absolute atomic E-state index is 10.9. The van der Waals surface area contributed by atoms with Crippen molar-refractivity contribution in [2.24, 2.45) is 0 Å². The molecule has 0 radical (unpaired) electrons. The van der Waals surface area contributed by atoms with E-state index in [9.17, 15) is 4.79 Å². The number of aromatic carboxylic acids is 1. The van der Waals surface area contributed by atoms with E-state index in [-0.39, 0.29) is 0 Å². The third-order valence-corrected chi connectivity index (χ3v) is 3.13. The zero-order valence-electron chi connectivity index (χ0n) is 9.40. The summed E-state index contributed by atoms with van der Waals surface area (Å²) in [6, 6.07) is 5.32. The molecule has 0 spiro atoms. The Labute approximate surface area is 105 Å². The van der Waals surface area contributed by atoms with Crippen LogP contribution in [0.1, 0.15) is 22.3 Å². The van der Waals surface area contributed by atoms with Gasteiger partial charge in [0, 0.05) is 24.3 Å². The van der Waals surface area contributed by atoms with Crippen LogP contribution in [0.2, 0.25) is 0 Å². The van der Waals surface area contributed by atoms with E-state index in [2.05, 4.69) is 4.90 Å². The van der Waals surface area contributed by atoms with Crippen molar-refractivity contribution < 1.29 is 9.90 Å². The lowest BCUT2D eigenvalue weighted by Crippen LogP contribution is -2.29. The van der Waals surface area contributed by atoms with Crippen molar-refractivity contribution >= 4 is 23.3 Å². The van der Waals surface area contributed by atoms with Gasteiger partial charge in [0.05, 0.1) is 5.56 Å². The molecule has 0 atom stereocenters. The highest BCUT2D eigenvalue weighted by molar-refractivity contribution is 6.25. The normalized spacial score (nSPS) is 15.0. The fourth-order valence-electron chi connectivity index (χ4n) is 2.16. The molecule has 0 aliphatic carbocycles. The summed E-state index contributed by atoms with van der Waals surface area (Å²) in [5, 5.41) is 8.95. The van der Waals surface area contributed by atoms with E-state index in [1.165, 1.54) is 5.54 Å². The van der Waals surface area contributed by atoms with Crippen LogP contribution in [-0.4, -0.2) is 24.2 Å². The number of rotatable bonds is 3. The molecule has 2 rings (SSSR count). The van der Waals surface area contributed by atoms with E-state index in [1.54, 1.807) is 12.1 Å². The van der Waals surface area contributed by atoms with E-state index in [0.717, 1.165) is 37.2 Å². The van der Waals surface area contributed by atoms with E-state index in [0.29, 0.717) is 5.56 Å². The largest absolute Gasteiger partial charge is 0.478 e. The quantitative estimate of drug-likeness (QED) is 0.898. The Hall–Kier alpha value is -1.48. The number of hydrogen-bond acceptors (Lipinski definition) is 2. The van der Waals surface area contributed by atoms with Gasteiger partial charge in [0.1, 0.15) is 0 Å². The average Bonchev–Trinajstić information content (AvgIpc) is 2.35. The van der Waals surface area contributed by atoms with Crippen LogP contribution in [0.15, 0.2) is 29.8 Å². The van der Waals surface area contributed by atoms with Crippen molar-refractivity contribution in [2.45, 2.75) is 12.8 Å². The highest BCUT2D eigenvalue weighted by Crippen LogP contribution is 2.27. The first kappa shape index (κ1) is 12.0. The lowest BCUT2D eigenvalue weighted by molar-refractivity contribution is 0.0697. The van der Waals surface area contributed by atoms with Gasteiger partial charge >= 0.3 is 5.97 Å². The maximum Gasteiger partial charge on any atom is 0.335 e. The third kappa shape index (κ3) is 2.61. The van der Waals surface area contributed by atoms with Crippen LogP contribution >= 0.6 is 11.6 Å². The predicted octanol–water partition coefficient (Wildman–Crippen LogP) is 2.89. The van der Waals surface area contributed by atoms with Crippen LogP contribution in [0.4, 0.5) is 5.69 Å². The molecular formula is C13H14ClNO2. The van der Waals surface area contributed by atoms with Gasteiger partial charge in [0.15, 0.2) is 0 Å². The van der Waals surface area contributed by atoms with Crippen molar-refractivity contribution in [2.75, 3.05) is 18.0 Å². The molecule has 1 heterocycles. The summed E-state index contributed by atoms with van der Waals surface area (Å²) >= 11 is 5.53. The van der Waals surface area contributed by atoms with Crippen molar-refractivity contribution in [1.29, 1.82) is 0 Å². The van der Waals surface area contributed by atoms with Gasteiger partial charge in [-0.1, -0.05) is 17.7 Å². The topological polar surface area (TPSA) is 40.5 Å². The average molecular weight is 252 g/mol. The second-order valence-corrected chi connectivity index (χ2v) is 4.31. The Bertz CT molecular complexity index is 457. The first-order valence-electron chi connectivity index (χ1n) is 5.59. The van der Waals surface area contributed by atoms with E-state index >= 15 is 0 Å². The summed E-state index contributed by atoms with van der Waals surface area (Å²) in [6.07, 6.45) is 3.88. The molecule has 0 unspecified atom stereocenters. The highest BCUT2D eigenvalue weighted by atomic mass is 35.5. The van der Waals surface area contributed by atoms with Gasteiger partial charge in [-0.05, 0) is 36.6 Å². The molecule has 17 heavy (non-hydrogen) atoms. The van der Waals surface area contributed by atoms with Crippen molar-refractivity contribution in [3.05, 3.63) is 40.9 Å². The van der Waals surface area contributed by atoms with E-state index in [4.69, 9.17) is 16.7 Å².